The molecule has 3 aromatic rings. The van der Waals surface area contributed by atoms with E-state index in [-0.39, 0.29) is 5.84 Å². The minimum Gasteiger partial charge on any atom is -0.382 e. The second-order valence-electron chi connectivity index (χ2n) is 4.46. The van der Waals surface area contributed by atoms with Gasteiger partial charge in [0.15, 0.2) is 5.16 Å². The molecule has 3 rings (SSSR count). The topological polar surface area (TPSA) is 91.4 Å². The summed E-state index contributed by atoms with van der Waals surface area (Å²) >= 11 is 1.49. The van der Waals surface area contributed by atoms with Gasteiger partial charge in [0.25, 0.3) is 0 Å². The number of amidine groups is 1. The molecule has 2 heterocycles. The average molecular weight is 283 g/mol. The average Bonchev–Trinajstić information content (AvgIpc) is 2.80. The van der Waals surface area contributed by atoms with Gasteiger partial charge in [-0.05, 0) is 36.8 Å². The number of fused-ring (bicyclic) bond motifs is 1. The fraction of sp³-hybridized carbons (Fsp3) is 0.0714. The maximum atomic E-state index is 7.41. The van der Waals surface area contributed by atoms with E-state index in [4.69, 9.17) is 11.1 Å². The Morgan fingerprint density at radius 2 is 2.15 bits per heavy atom. The Bertz CT molecular complexity index is 793. The van der Waals surface area contributed by atoms with Crippen LogP contribution < -0.4 is 5.73 Å². The zero-order chi connectivity index (χ0) is 14.1. The van der Waals surface area contributed by atoms with Crippen molar-refractivity contribution >= 4 is 28.6 Å². The van der Waals surface area contributed by atoms with Gasteiger partial charge in [-0.25, -0.2) is 4.98 Å². The second kappa shape index (κ2) is 4.97. The lowest BCUT2D eigenvalue weighted by atomic mass is 10.2. The molecule has 0 bridgehead atoms. The number of nitrogens with two attached hydrogens (primary N) is 1. The minimum absolute atomic E-state index is 0.0346. The third-order valence-corrected chi connectivity index (χ3v) is 3.71. The van der Waals surface area contributed by atoms with Gasteiger partial charge in [0, 0.05) is 11.1 Å². The molecule has 6 heteroatoms. The number of nitrogens with zero attached hydrogens (tertiary/aromatic N) is 2. The highest BCUT2D eigenvalue weighted by molar-refractivity contribution is 7.99. The molecule has 0 unspecified atom stereocenters. The Balaban J connectivity index is 1.92. The molecular weight excluding hydrogens is 270 g/mol. The Morgan fingerprint density at radius 3 is 2.95 bits per heavy atom. The van der Waals surface area contributed by atoms with Crippen molar-refractivity contribution < 1.29 is 0 Å². The van der Waals surface area contributed by atoms with Gasteiger partial charge in [-0.1, -0.05) is 17.8 Å². The van der Waals surface area contributed by atoms with E-state index in [9.17, 15) is 0 Å². The fourth-order valence-electron chi connectivity index (χ4n) is 1.88. The van der Waals surface area contributed by atoms with Crippen molar-refractivity contribution in [1.82, 2.24) is 15.0 Å². The van der Waals surface area contributed by atoms with Crippen molar-refractivity contribution in [2.45, 2.75) is 17.0 Å². The third kappa shape index (κ3) is 2.50. The third-order valence-electron chi connectivity index (χ3n) is 2.84. The summed E-state index contributed by atoms with van der Waals surface area (Å²) in [5, 5.41) is 8.22. The van der Waals surface area contributed by atoms with E-state index in [0.717, 1.165) is 21.1 Å². The quantitative estimate of drug-likeness (QED) is 0.509. The number of pyridine rings is 1. The molecule has 2 aromatic heterocycles. The van der Waals surface area contributed by atoms with E-state index in [1.54, 1.807) is 12.3 Å². The van der Waals surface area contributed by atoms with Crippen LogP contribution in [-0.2, 0) is 0 Å². The molecule has 0 saturated carbocycles. The largest absolute Gasteiger partial charge is 0.382 e. The van der Waals surface area contributed by atoms with Crippen LogP contribution in [0.1, 0.15) is 11.3 Å². The van der Waals surface area contributed by atoms with Crippen LogP contribution in [0.15, 0.2) is 46.6 Å². The molecular formula is C14H13N5S. The molecule has 0 fully saturated rings. The lowest BCUT2D eigenvalue weighted by molar-refractivity contribution is 1.08. The first-order valence-corrected chi connectivity index (χ1v) is 6.88. The normalized spacial score (nSPS) is 10.8. The van der Waals surface area contributed by atoms with E-state index in [1.807, 2.05) is 18.2 Å². The van der Waals surface area contributed by atoms with Gasteiger partial charge in [-0.15, -0.1) is 0 Å². The van der Waals surface area contributed by atoms with Crippen LogP contribution in [-0.4, -0.2) is 20.8 Å². The van der Waals surface area contributed by atoms with Crippen molar-refractivity contribution in [2.75, 3.05) is 0 Å². The van der Waals surface area contributed by atoms with Crippen LogP contribution in [0, 0.1) is 12.3 Å². The first-order valence-electron chi connectivity index (χ1n) is 6.06. The summed E-state index contributed by atoms with van der Waals surface area (Å²) in [5.41, 5.74) is 9.08. The molecule has 1 aromatic carbocycles. The number of aromatic amines is 1. The van der Waals surface area contributed by atoms with Crippen LogP contribution in [0.2, 0.25) is 0 Å². The highest BCUT2D eigenvalue weighted by Gasteiger charge is 2.06. The molecule has 0 aliphatic heterocycles. The molecule has 4 N–H and O–H groups in total. The van der Waals surface area contributed by atoms with Gasteiger partial charge >= 0.3 is 0 Å². The number of benzene rings is 1. The molecule has 0 radical (unpaired) electrons. The summed E-state index contributed by atoms with van der Waals surface area (Å²) in [6.45, 7) is 2.05. The van der Waals surface area contributed by atoms with Crippen molar-refractivity contribution in [3.05, 3.63) is 47.8 Å². The van der Waals surface area contributed by atoms with Crippen molar-refractivity contribution in [1.29, 1.82) is 5.41 Å². The number of aromatic nitrogens is 3. The van der Waals surface area contributed by atoms with E-state index < -0.39 is 0 Å². The van der Waals surface area contributed by atoms with Gasteiger partial charge in [-0.3, -0.25) is 10.4 Å². The van der Waals surface area contributed by atoms with Crippen molar-refractivity contribution in [2.24, 2.45) is 5.73 Å². The van der Waals surface area contributed by atoms with E-state index in [0.29, 0.717) is 5.69 Å². The maximum Gasteiger partial charge on any atom is 0.171 e. The Labute approximate surface area is 120 Å². The summed E-state index contributed by atoms with van der Waals surface area (Å²) in [5.74, 6) is -0.0346. The summed E-state index contributed by atoms with van der Waals surface area (Å²) in [6.07, 6.45) is 1.64. The van der Waals surface area contributed by atoms with Crippen LogP contribution in [0.5, 0.6) is 0 Å². The van der Waals surface area contributed by atoms with Crippen LogP contribution in [0.4, 0.5) is 0 Å². The SMILES string of the molecule is Cc1ccc2nc(Sc3ccnc(C(=N)N)c3)[nH]c2c1. The van der Waals surface area contributed by atoms with E-state index >= 15 is 0 Å². The van der Waals surface area contributed by atoms with E-state index in [1.165, 1.54) is 17.3 Å². The molecule has 100 valence electrons. The number of hydrogen-bond donors (Lipinski definition) is 3. The predicted molar refractivity (Wildman–Crippen MR) is 80.2 cm³/mol. The monoisotopic (exact) mass is 283 g/mol. The first kappa shape index (κ1) is 12.7. The summed E-state index contributed by atoms with van der Waals surface area (Å²) < 4.78 is 0. The lowest BCUT2D eigenvalue weighted by Crippen LogP contribution is -2.12. The Kier molecular flexibility index (Phi) is 3.15. The Morgan fingerprint density at radius 1 is 1.30 bits per heavy atom. The second-order valence-corrected chi connectivity index (χ2v) is 5.52. The van der Waals surface area contributed by atoms with Gasteiger partial charge in [0.1, 0.15) is 11.5 Å². The zero-order valence-corrected chi connectivity index (χ0v) is 11.7. The number of imidazole rings is 1. The summed E-state index contributed by atoms with van der Waals surface area (Å²) in [7, 11) is 0. The molecule has 0 atom stereocenters. The Hall–Kier alpha value is -2.34. The molecule has 0 amide bonds. The van der Waals surface area contributed by atoms with E-state index in [2.05, 4.69) is 27.9 Å². The molecule has 0 spiro atoms. The summed E-state index contributed by atoms with van der Waals surface area (Å²) in [6, 6.07) is 9.76. The van der Waals surface area contributed by atoms with Gasteiger partial charge in [-0.2, -0.15) is 0 Å². The molecule has 5 nitrogen and oxygen atoms in total. The molecule has 0 aliphatic rings. The molecule has 20 heavy (non-hydrogen) atoms. The molecule has 0 aliphatic carbocycles. The smallest absolute Gasteiger partial charge is 0.171 e. The number of nitrogen functional groups attached to an aromatic ring is 1. The van der Waals surface area contributed by atoms with Crippen LogP contribution >= 0.6 is 11.8 Å². The fourth-order valence-corrected chi connectivity index (χ4v) is 2.71. The number of aryl methyl sites for hydroxylation is 1. The van der Waals surface area contributed by atoms with Gasteiger partial charge in [0.05, 0.1) is 11.0 Å². The lowest BCUT2D eigenvalue weighted by Gasteiger charge is -2.00. The van der Waals surface area contributed by atoms with Crippen molar-refractivity contribution in [3.8, 4) is 0 Å². The highest BCUT2D eigenvalue weighted by Crippen LogP contribution is 2.27. The number of H-pyrrole nitrogens is 1. The van der Waals surface area contributed by atoms with Crippen LogP contribution in [0.3, 0.4) is 0 Å². The number of nitrogens with one attached hydrogen (secondary N) is 2. The maximum absolute atomic E-state index is 7.41. The standard InChI is InChI=1S/C14H13N5S/c1-8-2-3-10-11(6-8)19-14(18-10)20-9-4-5-17-12(7-9)13(15)16/h2-7H,1H3,(H3,15,16)(H,18,19). The van der Waals surface area contributed by atoms with Gasteiger partial charge < -0.3 is 10.7 Å². The first-order chi connectivity index (χ1) is 9.61. The zero-order valence-electron chi connectivity index (χ0n) is 10.8. The van der Waals surface area contributed by atoms with Crippen molar-refractivity contribution in [3.63, 3.8) is 0 Å². The van der Waals surface area contributed by atoms with Gasteiger partial charge in [0.2, 0.25) is 0 Å². The minimum atomic E-state index is -0.0346. The number of rotatable bonds is 3. The molecule has 0 saturated heterocycles. The predicted octanol–water partition coefficient (Wildman–Crippen LogP) is 2.70. The van der Waals surface area contributed by atoms with Crippen LogP contribution in [0.25, 0.3) is 11.0 Å². The highest BCUT2D eigenvalue weighted by atomic mass is 32.2. The number of hydrogen-bond acceptors (Lipinski definition) is 4. The summed E-state index contributed by atoms with van der Waals surface area (Å²) in [4.78, 5) is 12.8.